The topological polar surface area (TPSA) is 55.2 Å². The second-order valence-electron chi connectivity index (χ2n) is 6.34. The zero-order valence-corrected chi connectivity index (χ0v) is 14.9. The molecule has 0 N–H and O–H groups in total. The van der Waals surface area contributed by atoms with Crippen LogP contribution in [0, 0.1) is 13.8 Å². The summed E-state index contributed by atoms with van der Waals surface area (Å²) in [6, 6.07) is 6.00. The van der Waals surface area contributed by atoms with Crippen LogP contribution in [0.4, 0.5) is 5.69 Å². The summed E-state index contributed by atoms with van der Waals surface area (Å²) in [5.74, 6) is 0.872. The summed E-state index contributed by atoms with van der Waals surface area (Å²) in [6.45, 7) is 6.03. The molecule has 2 aromatic rings. The van der Waals surface area contributed by atoms with E-state index in [-0.39, 0.29) is 5.03 Å². The van der Waals surface area contributed by atoms with Gasteiger partial charge >= 0.3 is 0 Å². The molecule has 0 aliphatic carbocycles. The van der Waals surface area contributed by atoms with E-state index >= 15 is 0 Å². The van der Waals surface area contributed by atoms with Gasteiger partial charge in [-0.3, -0.25) is 4.31 Å². The molecule has 0 fully saturated rings. The van der Waals surface area contributed by atoms with Crippen molar-refractivity contribution in [2.75, 3.05) is 11.4 Å². The lowest BCUT2D eigenvalue weighted by molar-refractivity contribution is 0.425. The predicted octanol–water partition coefficient (Wildman–Crippen LogP) is 3.22. The minimum Gasteiger partial charge on any atom is -0.331 e. The van der Waals surface area contributed by atoms with Crippen molar-refractivity contribution in [2.45, 2.75) is 51.1 Å². The number of sulfonamides is 1. The number of benzene rings is 1. The third kappa shape index (κ3) is 2.65. The minimum absolute atomic E-state index is 0.143. The number of hydrogen-bond donors (Lipinski definition) is 0. The summed E-state index contributed by atoms with van der Waals surface area (Å²) in [7, 11) is -2.05. The predicted molar refractivity (Wildman–Crippen MR) is 91.4 cm³/mol. The van der Waals surface area contributed by atoms with E-state index in [4.69, 9.17) is 0 Å². The average molecular weight is 333 g/mol. The normalized spacial score (nSPS) is 17.8. The Hall–Kier alpha value is -1.82. The Morgan fingerprint density at radius 1 is 1.30 bits per heavy atom. The number of imidazole rings is 1. The number of rotatable bonds is 3. The monoisotopic (exact) mass is 333 g/mol. The molecule has 0 amide bonds. The minimum atomic E-state index is -3.65. The molecular weight excluding hydrogens is 310 g/mol. The first kappa shape index (κ1) is 16.1. The van der Waals surface area contributed by atoms with Crippen LogP contribution in [0.15, 0.2) is 29.4 Å². The van der Waals surface area contributed by atoms with Crippen molar-refractivity contribution >= 4 is 15.7 Å². The summed E-state index contributed by atoms with van der Waals surface area (Å²) in [5, 5.41) is 0.143. The van der Waals surface area contributed by atoms with Crippen LogP contribution in [-0.2, 0) is 16.4 Å². The van der Waals surface area contributed by atoms with Gasteiger partial charge in [-0.25, -0.2) is 4.98 Å². The molecule has 1 aliphatic rings. The second-order valence-corrected chi connectivity index (χ2v) is 8.25. The maximum Gasteiger partial charge on any atom is 0.283 e. The SMILES string of the molecule is Cc1cccc(N(C)S(=O)(=O)c2cn3c(n2)CCCC3C)c1C. The number of fused-ring (bicyclic) bond motifs is 1. The van der Waals surface area contributed by atoms with Crippen molar-refractivity contribution in [1.29, 1.82) is 0 Å². The molecule has 0 saturated carbocycles. The van der Waals surface area contributed by atoms with Crippen molar-refractivity contribution in [2.24, 2.45) is 0 Å². The Kier molecular flexibility index (Phi) is 3.96. The Bertz CT molecular complexity index is 840. The number of aryl methyl sites for hydroxylation is 2. The smallest absolute Gasteiger partial charge is 0.283 e. The molecule has 23 heavy (non-hydrogen) atoms. The molecule has 1 unspecified atom stereocenters. The number of hydrogen-bond acceptors (Lipinski definition) is 3. The van der Waals surface area contributed by atoms with Crippen LogP contribution in [0.5, 0.6) is 0 Å². The molecule has 124 valence electrons. The van der Waals surface area contributed by atoms with Crippen LogP contribution in [0.2, 0.25) is 0 Å². The Morgan fingerprint density at radius 2 is 2.04 bits per heavy atom. The zero-order valence-electron chi connectivity index (χ0n) is 14.1. The van der Waals surface area contributed by atoms with Crippen LogP contribution in [0.25, 0.3) is 0 Å². The molecular formula is C17H23N3O2S. The standard InChI is InChI=1S/C17H23N3O2S/c1-12-7-5-9-15(14(12)3)19(4)23(21,22)17-11-20-13(2)8-6-10-16(20)18-17/h5,7,9,11,13H,6,8,10H2,1-4H3. The van der Waals surface area contributed by atoms with E-state index in [2.05, 4.69) is 11.9 Å². The lowest BCUT2D eigenvalue weighted by atomic mass is 10.1. The third-order valence-electron chi connectivity index (χ3n) is 4.82. The maximum atomic E-state index is 13.0. The summed E-state index contributed by atoms with van der Waals surface area (Å²) < 4.78 is 29.3. The van der Waals surface area contributed by atoms with E-state index in [1.807, 2.05) is 36.6 Å². The molecule has 1 aromatic heterocycles. The van der Waals surface area contributed by atoms with Gasteiger partial charge in [-0.05, 0) is 50.8 Å². The largest absolute Gasteiger partial charge is 0.331 e. The number of aromatic nitrogens is 2. The van der Waals surface area contributed by atoms with Gasteiger partial charge in [0.25, 0.3) is 10.0 Å². The van der Waals surface area contributed by atoms with E-state index in [1.165, 1.54) is 4.31 Å². The lowest BCUT2D eigenvalue weighted by Gasteiger charge is -2.21. The molecule has 1 atom stereocenters. The van der Waals surface area contributed by atoms with Gasteiger partial charge in [0.05, 0.1) is 5.69 Å². The van der Waals surface area contributed by atoms with Crippen molar-refractivity contribution < 1.29 is 8.42 Å². The van der Waals surface area contributed by atoms with Gasteiger partial charge in [-0.15, -0.1) is 0 Å². The lowest BCUT2D eigenvalue weighted by Crippen LogP contribution is -2.27. The van der Waals surface area contributed by atoms with E-state index in [9.17, 15) is 8.42 Å². The van der Waals surface area contributed by atoms with Crippen molar-refractivity contribution in [1.82, 2.24) is 9.55 Å². The van der Waals surface area contributed by atoms with E-state index in [1.54, 1.807) is 13.2 Å². The van der Waals surface area contributed by atoms with Crippen molar-refractivity contribution in [3.05, 3.63) is 41.3 Å². The summed E-state index contributed by atoms with van der Waals surface area (Å²) >= 11 is 0. The maximum absolute atomic E-state index is 13.0. The van der Waals surface area contributed by atoms with Crippen LogP contribution < -0.4 is 4.31 Å². The van der Waals surface area contributed by atoms with Crippen LogP contribution >= 0.6 is 0 Å². The highest BCUT2D eigenvalue weighted by atomic mass is 32.2. The molecule has 0 spiro atoms. The van der Waals surface area contributed by atoms with E-state index < -0.39 is 10.0 Å². The molecule has 0 saturated heterocycles. The van der Waals surface area contributed by atoms with E-state index in [0.29, 0.717) is 11.7 Å². The molecule has 3 rings (SSSR count). The molecule has 1 aromatic carbocycles. The fraction of sp³-hybridized carbons (Fsp3) is 0.471. The first-order valence-corrected chi connectivity index (χ1v) is 9.39. The highest BCUT2D eigenvalue weighted by molar-refractivity contribution is 7.92. The van der Waals surface area contributed by atoms with Gasteiger partial charge in [0.1, 0.15) is 5.82 Å². The van der Waals surface area contributed by atoms with Crippen LogP contribution in [0.3, 0.4) is 0 Å². The molecule has 1 aliphatic heterocycles. The molecule has 2 heterocycles. The zero-order chi connectivity index (χ0) is 16.8. The first-order valence-electron chi connectivity index (χ1n) is 7.95. The fourth-order valence-corrected chi connectivity index (χ4v) is 4.34. The molecule has 6 heteroatoms. The number of nitrogens with zero attached hydrogens (tertiary/aromatic N) is 3. The fourth-order valence-electron chi connectivity index (χ4n) is 3.14. The second kappa shape index (κ2) is 5.67. The van der Waals surface area contributed by atoms with Gasteiger partial charge in [-0.1, -0.05) is 12.1 Å². The Balaban J connectivity index is 2.03. The van der Waals surface area contributed by atoms with Crippen LogP contribution in [0.1, 0.15) is 42.8 Å². The van der Waals surface area contributed by atoms with Gasteiger partial charge in [0.2, 0.25) is 0 Å². The quantitative estimate of drug-likeness (QED) is 0.866. The molecule has 0 radical (unpaired) electrons. The van der Waals surface area contributed by atoms with E-state index in [0.717, 1.165) is 36.2 Å². The first-order chi connectivity index (χ1) is 10.8. The molecule has 0 bridgehead atoms. The highest BCUT2D eigenvalue weighted by Crippen LogP contribution is 2.29. The number of anilines is 1. The third-order valence-corrected chi connectivity index (χ3v) is 6.47. The summed E-state index contributed by atoms with van der Waals surface area (Å²) in [4.78, 5) is 4.40. The summed E-state index contributed by atoms with van der Waals surface area (Å²) in [6.07, 6.45) is 4.66. The van der Waals surface area contributed by atoms with Gasteiger partial charge in [-0.2, -0.15) is 8.42 Å². The van der Waals surface area contributed by atoms with Gasteiger partial charge in [0, 0.05) is 25.7 Å². The summed E-state index contributed by atoms with van der Waals surface area (Å²) in [5.41, 5.74) is 2.74. The highest BCUT2D eigenvalue weighted by Gasteiger charge is 2.28. The van der Waals surface area contributed by atoms with Gasteiger partial charge in [0.15, 0.2) is 5.03 Å². The average Bonchev–Trinajstić information content (AvgIpc) is 2.96. The van der Waals surface area contributed by atoms with Crippen molar-refractivity contribution in [3.63, 3.8) is 0 Å². The van der Waals surface area contributed by atoms with Crippen LogP contribution in [-0.4, -0.2) is 25.0 Å². The van der Waals surface area contributed by atoms with Gasteiger partial charge < -0.3 is 4.57 Å². The molecule has 5 nitrogen and oxygen atoms in total. The Morgan fingerprint density at radius 3 is 2.74 bits per heavy atom. The van der Waals surface area contributed by atoms with Crippen molar-refractivity contribution in [3.8, 4) is 0 Å². The Labute approximate surface area is 138 Å².